The number of aliphatic carboxylic acids is 1. The zero-order chi connectivity index (χ0) is 18.7. The number of carboxylic acid groups (broad SMARTS) is 1. The minimum absolute atomic E-state index is 0.201. The van der Waals surface area contributed by atoms with Crippen LogP contribution < -0.4 is 5.32 Å². The first-order valence-corrected chi connectivity index (χ1v) is 8.52. The van der Waals surface area contributed by atoms with Crippen molar-refractivity contribution < 1.29 is 29.2 Å². The number of oxime groups is 1. The second kappa shape index (κ2) is 11.4. The number of nitrogens with zero attached hydrogens (tertiary/aromatic N) is 1. The Labute approximate surface area is 150 Å². The molecule has 1 unspecified atom stereocenters. The Bertz CT molecular complexity index is 601. The standard InChI is InChI=1S/C13H17BN2O4S.C2H4O2/c1-2-20-16-12(10-6-5-9-21-10)13(17)15-11-7-3-4-8-19-14(11)18;1-2(3)4/h3-6,9,11,18H,2,7-8H2,1H3,(H,15,17);1H3,(H,3,4)/b16-12+;. The van der Waals surface area contributed by atoms with E-state index in [1.807, 2.05) is 23.6 Å². The van der Waals surface area contributed by atoms with E-state index in [9.17, 15) is 9.82 Å². The van der Waals surface area contributed by atoms with E-state index in [4.69, 9.17) is 19.4 Å². The third-order valence-electron chi connectivity index (χ3n) is 2.84. The van der Waals surface area contributed by atoms with Gasteiger partial charge in [-0.05, 0) is 24.8 Å². The fourth-order valence-corrected chi connectivity index (χ4v) is 2.51. The van der Waals surface area contributed by atoms with Crippen molar-refractivity contribution in [2.45, 2.75) is 26.2 Å². The lowest BCUT2D eigenvalue weighted by molar-refractivity contribution is -0.134. The number of nitrogens with one attached hydrogen (secondary N) is 1. The van der Waals surface area contributed by atoms with E-state index in [1.165, 1.54) is 11.3 Å². The predicted octanol–water partition coefficient (Wildman–Crippen LogP) is 1.06. The highest BCUT2D eigenvalue weighted by molar-refractivity contribution is 7.13. The van der Waals surface area contributed by atoms with Crippen molar-refractivity contribution in [1.82, 2.24) is 5.32 Å². The molecule has 1 amide bonds. The van der Waals surface area contributed by atoms with E-state index in [0.29, 0.717) is 24.5 Å². The van der Waals surface area contributed by atoms with Crippen LogP contribution in [0.5, 0.6) is 0 Å². The van der Waals surface area contributed by atoms with Crippen LogP contribution in [-0.4, -0.2) is 54.0 Å². The molecule has 0 saturated carbocycles. The van der Waals surface area contributed by atoms with Gasteiger partial charge in [0.15, 0.2) is 5.71 Å². The van der Waals surface area contributed by atoms with E-state index in [-0.39, 0.29) is 5.71 Å². The van der Waals surface area contributed by atoms with E-state index < -0.39 is 24.9 Å². The molecular weight excluding hydrogens is 347 g/mol. The second-order valence-electron chi connectivity index (χ2n) is 4.86. The van der Waals surface area contributed by atoms with Crippen LogP contribution in [0, 0.1) is 0 Å². The number of carbonyl (C=O) groups excluding carboxylic acids is 1. The number of hydrogen-bond acceptors (Lipinski definition) is 7. The first kappa shape index (κ1) is 20.9. The number of carboxylic acids is 1. The molecule has 0 saturated heterocycles. The van der Waals surface area contributed by atoms with Gasteiger partial charge in [0.2, 0.25) is 0 Å². The summed E-state index contributed by atoms with van der Waals surface area (Å²) >= 11 is 1.40. The molecule has 10 heteroatoms. The van der Waals surface area contributed by atoms with Gasteiger partial charge in [-0.1, -0.05) is 23.4 Å². The number of hydrogen-bond donors (Lipinski definition) is 3. The van der Waals surface area contributed by atoms with E-state index >= 15 is 0 Å². The number of rotatable bonds is 5. The van der Waals surface area contributed by atoms with Gasteiger partial charge in [0, 0.05) is 13.5 Å². The zero-order valence-corrected chi connectivity index (χ0v) is 14.9. The van der Waals surface area contributed by atoms with E-state index in [2.05, 4.69) is 10.5 Å². The third kappa shape index (κ3) is 7.97. The van der Waals surface area contributed by atoms with Crippen LogP contribution >= 0.6 is 11.3 Å². The molecule has 8 nitrogen and oxygen atoms in total. The summed E-state index contributed by atoms with van der Waals surface area (Å²) in [4.78, 5) is 27.1. The highest BCUT2D eigenvalue weighted by Crippen LogP contribution is 2.12. The summed E-state index contributed by atoms with van der Waals surface area (Å²) in [5.41, 5.74) is 0.201. The SMILES string of the molecule is CC(=O)O.CCO/N=C(/C(=O)NC1CC=CCOB1O)c1cccs1. The summed E-state index contributed by atoms with van der Waals surface area (Å²) in [6.45, 7) is 3.58. The van der Waals surface area contributed by atoms with Gasteiger partial charge in [0.1, 0.15) is 6.61 Å². The highest BCUT2D eigenvalue weighted by atomic mass is 32.1. The molecule has 25 heavy (non-hydrogen) atoms. The average Bonchev–Trinajstić information content (AvgIpc) is 2.99. The lowest BCUT2D eigenvalue weighted by Crippen LogP contribution is -2.49. The maximum absolute atomic E-state index is 12.4. The molecule has 2 rings (SSSR count). The maximum atomic E-state index is 12.4. The fraction of sp³-hybridized carbons (Fsp3) is 0.400. The van der Waals surface area contributed by atoms with Crippen LogP contribution in [0.25, 0.3) is 0 Å². The van der Waals surface area contributed by atoms with E-state index in [0.717, 1.165) is 6.92 Å². The number of carbonyl (C=O) groups is 2. The lowest BCUT2D eigenvalue weighted by atomic mass is 9.77. The monoisotopic (exact) mass is 368 g/mol. The van der Waals surface area contributed by atoms with E-state index in [1.54, 1.807) is 13.0 Å². The van der Waals surface area contributed by atoms with Gasteiger partial charge in [-0.3, -0.25) is 9.59 Å². The molecule has 0 radical (unpaired) electrons. The van der Waals surface area contributed by atoms with Crippen LogP contribution in [0.1, 0.15) is 25.1 Å². The molecule has 2 heterocycles. The molecule has 1 atom stereocenters. The Balaban J connectivity index is 0.000000705. The Morgan fingerprint density at radius 3 is 2.84 bits per heavy atom. The molecule has 1 aliphatic rings. The van der Waals surface area contributed by atoms with Gasteiger partial charge in [-0.15, -0.1) is 11.3 Å². The van der Waals surface area contributed by atoms with Crippen LogP contribution in [0.3, 0.4) is 0 Å². The van der Waals surface area contributed by atoms with Gasteiger partial charge >= 0.3 is 7.12 Å². The Hall–Kier alpha value is -2.17. The van der Waals surface area contributed by atoms with Gasteiger partial charge in [-0.25, -0.2) is 0 Å². The van der Waals surface area contributed by atoms with Crippen molar-refractivity contribution in [3.63, 3.8) is 0 Å². The molecule has 0 fully saturated rings. The summed E-state index contributed by atoms with van der Waals surface area (Å²) in [5.74, 6) is -1.74. The molecular formula is C15H21BN2O6S. The summed E-state index contributed by atoms with van der Waals surface area (Å²) in [6, 6.07) is 3.63. The maximum Gasteiger partial charge on any atom is 0.478 e. The predicted molar refractivity (Wildman–Crippen MR) is 95.4 cm³/mol. The largest absolute Gasteiger partial charge is 0.481 e. The Morgan fingerprint density at radius 2 is 2.24 bits per heavy atom. The molecule has 0 spiro atoms. The number of thiophene rings is 1. The van der Waals surface area contributed by atoms with Crippen molar-refractivity contribution in [1.29, 1.82) is 0 Å². The summed E-state index contributed by atoms with van der Waals surface area (Å²) in [6.07, 6.45) is 4.18. The topological polar surface area (TPSA) is 117 Å². The van der Waals surface area contributed by atoms with Crippen LogP contribution in [0.15, 0.2) is 34.8 Å². The molecule has 0 aromatic carbocycles. The first-order chi connectivity index (χ1) is 12.0. The molecule has 0 aliphatic carbocycles. The first-order valence-electron chi connectivity index (χ1n) is 7.64. The van der Waals surface area contributed by atoms with Crippen molar-refractivity contribution >= 4 is 36.0 Å². The number of amides is 1. The zero-order valence-electron chi connectivity index (χ0n) is 14.0. The van der Waals surface area contributed by atoms with Crippen molar-refractivity contribution in [2.24, 2.45) is 5.16 Å². The fourth-order valence-electron chi connectivity index (χ4n) is 1.81. The lowest BCUT2D eigenvalue weighted by Gasteiger charge is -2.17. The molecule has 3 N–H and O–H groups in total. The van der Waals surface area contributed by atoms with Gasteiger partial charge in [0.25, 0.3) is 11.9 Å². The van der Waals surface area contributed by atoms with Crippen molar-refractivity contribution in [3.05, 3.63) is 34.5 Å². The normalized spacial score (nSPS) is 17.2. The van der Waals surface area contributed by atoms with Crippen LogP contribution in [-0.2, 0) is 19.1 Å². The van der Waals surface area contributed by atoms with Gasteiger partial charge in [-0.2, -0.15) is 0 Å². The molecule has 0 bridgehead atoms. The van der Waals surface area contributed by atoms with Crippen molar-refractivity contribution in [2.75, 3.05) is 13.2 Å². The molecule has 1 aromatic rings. The van der Waals surface area contributed by atoms with Gasteiger partial charge < -0.3 is 24.9 Å². The smallest absolute Gasteiger partial charge is 0.478 e. The van der Waals surface area contributed by atoms with Gasteiger partial charge in [0.05, 0.1) is 10.8 Å². The second-order valence-corrected chi connectivity index (χ2v) is 5.81. The highest BCUT2D eigenvalue weighted by Gasteiger charge is 2.30. The molecule has 1 aliphatic heterocycles. The summed E-state index contributed by atoms with van der Waals surface area (Å²) in [5, 5.41) is 25.7. The quantitative estimate of drug-likeness (QED) is 0.310. The van der Waals surface area contributed by atoms with Crippen LogP contribution in [0.4, 0.5) is 0 Å². The molecule has 136 valence electrons. The average molecular weight is 368 g/mol. The van der Waals surface area contributed by atoms with Crippen LogP contribution in [0.2, 0.25) is 0 Å². The minimum atomic E-state index is -1.04. The summed E-state index contributed by atoms with van der Waals surface area (Å²) < 4.78 is 5.15. The van der Waals surface area contributed by atoms with Crippen molar-refractivity contribution in [3.8, 4) is 0 Å². The summed E-state index contributed by atoms with van der Waals surface area (Å²) in [7, 11) is -1.04. The Morgan fingerprint density at radius 1 is 1.52 bits per heavy atom. The minimum Gasteiger partial charge on any atom is -0.481 e. The Kier molecular flexibility index (Phi) is 9.52. The third-order valence-corrected chi connectivity index (χ3v) is 3.71. The molecule has 1 aromatic heterocycles.